The van der Waals surface area contributed by atoms with Crippen LogP contribution in [0.15, 0.2) is 72.8 Å². The highest BCUT2D eigenvalue weighted by Crippen LogP contribution is 2.55. The van der Waals surface area contributed by atoms with E-state index in [1.165, 1.54) is 59.7 Å². The Bertz CT molecular complexity index is 2180. The molecule has 0 heterocycles. The lowest BCUT2D eigenvalue weighted by Gasteiger charge is -2.20. The number of ether oxygens (including phenoxy) is 1. The van der Waals surface area contributed by atoms with Gasteiger partial charge in [-0.15, -0.1) is 0 Å². The van der Waals surface area contributed by atoms with Crippen LogP contribution < -0.4 is 4.74 Å². The number of halogens is 2. The number of aromatic carboxylic acids is 2. The number of hydrogen-bond acceptors (Lipinski definition) is 4. The van der Waals surface area contributed by atoms with Gasteiger partial charge in [0.15, 0.2) is 0 Å². The minimum Gasteiger partial charge on any atom is -0.507 e. The monoisotopic (exact) mass is 688 g/mol. The number of phenols is 1. The van der Waals surface area contributed by atoms with E-state index in [1.54, 1.807) is 0 Å². The van der Waals surface area contributed by atoms with Gasteiger partial charge in [-0.05, 0) is 156 Å². The van der Waals surface area contributed by atoms with Gasteiger partial charge in [-0.3, -0.25) is 0 Å². The van der Waals surface area contributed by atoms with Crippen molar-refractivity contribution in [3.63, 3.8) is 0 Å². The Morgan fingerprint density at radius 2 is 1.04 bits per heavy atom. The predicted molar refractivity (Wildman–Crippen MR) is 192 cm³/mol. The number of allylic oxidation sites excluding steroid dienone is 2. The lowest BCUT2D eigenvalue weighted by Crippen LogP contribution is -2.02. The van der Waals surface area contributed by atoms with Crippen molar-refractivity contribution in [2.75, 3.05) is 7.11 Å². The summed E-state index contributed by atoms with van der Waals surface area (Å²) < 4.78 is 39.5. The second kappa shape index (κ2) is 12.8. The zero-order valence-electron chi connectivity index (χ0n) is 28.2. The quantitative estimate of drug-likeness (QED) is 0.143. The van der Waals surface area contributed by atoms with Crippen molar-refractivity contribution in [1.82, 2.24) is 0 Å². The molecule has 8 rings (SSSR count). The normalized spacial score (nSPS) is 21.9. The molecule has 4 aliphatic rings. The molecule has 4 unspecified atom stereocenters. The molecule has 51 heavy (non-hydrogen) atoms. The van der Waals surface area contributed by atoms with Crippen LogP contribution in [0.1, 0.15) is 140 Å². The number of carboxylic acids is 2. The topological polar surface area (TPSA) is 104 Å². The standard InChI is InChI=1S/C43H38F2O6/c1-51-39-21-29(43(49)50)9-13-35(39)41(45)33(27-7-11-31-23-3-5-25(17-23)37(31)19-27)15-14-32(40(44)34-12-8-28(42(47)48)20-38(34)46)26-6-10-30-22-2-4-24(16-22)36(30)18-26/h6-13,18-25,46H,2-5,14-17H2,1H3,(H,47,48)(H,49,50)/b40-32+,41-33+. The number of hydrogen-bond donors (Lipinski definition) is 3. The van der Waals surface area contributed by atoms with Gasteiger partial charge in [0.2, 0.25) is 0 Å². The zero-order chi connectivity index (χ0) is 35.6. The van der Waals surface area contributed by atoms with Crippen molar-refractivity contribution >= 4 is 34.7 Å². The number of benzene rings is 4. The molecule has 8 heteroatoms. The molecular weight excluding hydrogens is 650 g/mol. The van der Waals surface area contributed by atoms with Crippen molar-refractivity contribution < 1.29 is 38.4 Å². The fraction of sp³-hybridized carbons (Fsp3) is 0.302. The third kappa shape index (κ3) is 5.71. The minimum atomic E-state index is -1.24. The molecule has 4 atom stereocenters. The lowest BCUT2D eigenvalue weighted by molar-refractivity contribution is 0.0685. The molecule has 0 aromatic heterocycles. The third-order valence-corrected chi connectivity index (χ3v) is 11.8. The Kier molecular flexibility index (Phi) is 8.28. The second-order valence-corrected chi connectivity index (χ2v) is 14.4. The van der Waals surface area contributed by atoms with E-state index in [4.69, 9.17) is 4.74 Å². The van der Waals surface area contributed by atoms with Crippen LogP contribution >= 0.6 is 0 Å². The Balaban J connectivity index is 1.26. The molecule has 0 spiro atoms. The summed E-state index contributed by atoms with van der Waals surface area (Å²) in [6, 6.07) is 19.7. The Labute approximate surface area is 294 Å². The van der Waals surface area contributed by atoms with Crippen LogP contribution in [-0.2, 0) is 0 Å². The highest BCUT2D eigenvalue weighted by molar-refractivity contribution is 5.95. The fourth-order valence-electron chi connectivity index (χ4n) is 9.26. The molecule has 0 saturated heterocycles. The van der Waals surface area contributed by atoms with Gasteiger partial charge in [0.1, 0.15) is 23.2 Å². The van der Waals surface area contributed by atoms with Crippen LogP contribution in [0.2, 0.25) is 0 Å². The number of phenolic OH excluding ortho intramolecular Hbond substituents is 1. The summed E-state index contributed by atoms with van der Waals surface area (Å²) in [5, 5.41) is 29.8. The van der Waals surface area contributed by atoms with E-state index in [-0.39, 0.29) is 46.4 Å². The van der Waals surface area contributed by atoms with Gasteiger partial charge in [0.25, 0.3) is 0 Å². The molecule has 3 N–H and O–H groups in total. The summed E-state index contributed by atoms with van der Waals surface area (Å²) in [5.41, 5.74) is 6.69. The van der Waals surface area contributed by atoms with Gasteiger partial charge in [0, 0.05) is 0 Å². The molecule has 4 bridgehead atoms. The number of rotatable bonds is 10. The van der Waals surface area contributed by atoms with Crippen LogP contribution in [0.3, 0.4) is 0 Å². The van der Waals surface area contributed by atoms with E-state index in [2.05, 4.69) is 18.2 Å². The fourth-order valence-corrected chi connectivity index (χ4v) is 9.26. The minimum absolute atomic E-state index is 0.0372. The number of aromatic hydroxyl groups is 1. The van der Waals surface area contributed by atoms with E-state index in [0.717, 1.165) is 44.6 Å². The van der Waals surface area contributed by atoms with E-state index in [9.17, 15) is 24.9 Å². The van der Waals surface area contributed by atoms with E-state index >= 15 is 8.78 Å². The van der Waals surface area contributed by atoms with Crippen LogP contribution in [-0.4, -0.2) is 34.4 Å². The summed E-state index contributed by atoms with van der Waals surface area (Å²) >= 11 is 0. The number of carbonyl (C=O) groups is 2. The van der Waals surface area contributed by atoms with Gasteiger partial charge in [-0.2, -0.15) is 0 Å². The maximum atomic E-state index is 17.1. The first-order valence-corrected chi connectivity index (χ1v) is 17.6. The van der Waals surface area contributed by atoms with E-state index in [1.807, 2.05) is 18.2 Å². The molecule has 4 aliphatic carbocycles. The van der Waals surface area contributed by atoms with Crippen molar-refractivity contribution in [2.45, 2.75) is 75.0 Å². The zero-order valence-corrected chi connectivity index (χ0v) is 28.2. The Morgan fingerprint density at radius 1 is 0.608 bits per heavy atom. The smallest absolute Gasteiger partial charge is 0.335 e. The van der Waals surface area contributed by atoms with Gasteiger partial charge >= 0.3 is 11.9 Å². The summed E-state index contributed by atoms with van der Waals surface area (Å²) in [6.07, 6.45) is 6.77. The Morgan fingerprint density at radius 3 is 1.51 bits per heavy atom. The SMILES string of the molecule is COc1cc(C(=O)O)ccc1/C(F)=C(/CC/C(=C(\F)c1ccc(C(=O)O)cc1O)c1ccc2c(c1)C1CCC2C1)c1ccc2c(c1)C1CCC2C1. The second-order valence-electron chi connectivity index (χ2n) is 14.4. The van der Waals surface area contributed by atoms with E-state index < -0.39 is 29.3 Å². The molecule has 6 nitrogen and oxygen atoms in total. The first-order valence-electron chi connectivity index (χ1n) is 17.6. The first kappa shape index (κ1) is 32.9. The summed E-state index contributed by atoms with van der Waals surface area (Å²) in [6.45, 7) is 0. The van der Waals surface area contributed by atoms with Crippen LogP contribution in [0.4, 0.5) is 8.78 Å². The van der Waals surface area contributed by atoms with Crippen molar-refractivity contribution in [3.8, 4) is 11.5 Å². The van der Waals surface area contributed by atoms with Gasteiger partial charge in [0.05, 0.1) is 29.4 Å². The molecular formula is C43H38F2O6. The molecule has 2 fully saturated rings. The van der Waals surface area contributed by atoms with Crippen LogP contribution in [0.5, 0.6) is 11.5 Å². The Hall–Kier alpha value is -5.24. The third-order valence-electron chi connectivity index (χ3n) is 11.8. The number of methoxy groups -OCH3 is 1. The van der Waals surface area contributed by atoms with Gasteiger partial charge < -0.3 is 20.1 Å². The average molecular weight is 689 g/mol. The van der Waals surface area contributed by atoms with E-state index in [0.29, 0.717) is 40.4 Å². The van der Waals surface area contributed by atoms with Gasteiger partial charge in [-0.1, -0.05) is 36.4 Å². The molecule has 260 valence electrons. The number of carboxylic acid groups (broad SMARTS) is 2. The maximum absolute atomic E-state index is 17.1. The average Bonchev–Trinajstić information content (AvgIpc) is 3.95. The van der Waals surface area contributed by atoms with Gasteiger partial charge in [-0.25, -0.2) is 18.4 Å². The van der Waals surface area contributed by atoms with Crippen molar-refractivity contribution in [3.05, 3.63) is 128 Å². The molecule has 2 saturated carbocycles. The lowest BCUT2D eigenvalue weighted by atomic mass is 9.85. The maximum Gasteiger partial charge on any atom is 0.335 e. The van der Waals surface area contributed by atoms with Crippen molar-refractivity contribution in [2.24, 2.45) is 0 Å². The largest absolute Gasteiger partial charge is 0.507 e. The highest BCUT2D eigenvalue weighted by atomic mass is 19.1. The summed E-state index contributed by atoms with van der Waals surface area (Å²) in [4.78, 5) is 23.3. The predicted octanol–water partition coefficient (Wildman–Crippen LogP) is 10.7. The van der Waals surface area contributed by atoms with Crippen molar-refractivity contribution in [1.29, 1.82) is 0 Å². The summed E-state index contributed by atoms with van der Waals surface area (Å²) in [5.74, 6) is -2.27. The summed E-state index contributed by atoms with van der Waals surface area (Å²) in [7, 11) is 1.36. The first-order chi connectivity index (χ1) is 24.6. The molecule has 0 radical (unpaired) electrons. The number of fused-ring (bicyclic) bond motifs is 10. The van der Waals surface area contributed by atoms with Crippen LogP contribution in [0, 0.1) is 0 Å². The highest BCUT2D eigenvalue weighted by Gasteiger charge is 2.38. The molecule has 0 amide bonds. The molecule has 4 aromatic rings. The molecule has 4 aromatic carbocycles. The molecule has 0 aliphatic heterocycles. The van der Waals surface area contributed by atoms with Crippen LogP contribution in [0.25, 0.3) is 22.8 Å².